The number of aromatic nitrogens is 1. The van der Waals surface area contributed by atoms with E-state index in [9.17, 15) is 4.79 Å². The average Bonchev–Trinajstić information content (AvgIpc) is 2.96. The third-order valence-electron chi connectivity index (χ3n) is 5.34. The molecule has 1 unspecified atom stereocenters. The summed E-state index contributed by atoms with van der Waals surface area (Å²) in [5.41, 5.74) is 5.58. The lowest BCUT2D eigenvalue weighted by Gasteiger charge is -2.13. The molecule has 1 aromatic heterocycles. The van der Waals surface area contributed by atoms with Crippen LogP contribution in [0.4, 0.5) is 11.5 Å². The maximum Gasteiger partial charge on any atom is 0.175 e. The molecule has 0 aliphatic rings. The molecule has 0 saturated carbocycles. The number of nitrogens with zero attached hydrogens (tertiary/aromatic N) is 2. The van der Waals surface area contributed by atoms with Gasteiger partial charge >= 0.3 is 0 Å². The first kappa shape index (κ1) is 31.4. The number of rotatable bonds is 15. The molecular weight excluding hydrogens is 524 g/mol. The van der Waals surface area contributed by atoms with Crippen LogP contribution in [0.25, 0.3) is 22.4 Å². The molecule has 10 heteroatoms. The summed E-state index contributed by atoms with van der Waals surface area (Å²) in [5.74, 6) is 0.990. The van der Waals surface area contributed by atoms with Crippen molar-refractivity contribution in [3.63, 3.8) is 0 Å². The van der Waals surface area contributed by atoms with Gasteiger partial charge in [0.1, 0.15) is 6.29 Å². The summed E-state index contributed by atoms with van der Waals surface area (Å²) in [5, 5.41) is 22.7. The lowest BCUT2D eigenvalue weighted by Crippen LogP contribution is -2.19. The zero-order valence-corrected chi connectivity index (χ0v) is 23.3. The van der Waals surface area contributed by atoms with Crippen molar-refractivity contribution in [3.8, 4) is 22.4 Å². The van der Waals surface area contributed by atoms with Gasteiger partial charge in [0.05, 0.1) is 47.4 Å². The van der Waals surface area contributed by atoms with E-state index in [4.69, 9.17) is 26.6 Å². The molecule has 204 valence electrons. The van der Waals surface area contributed by atoms with E-state index < -0.39 is 0 Å². The van der Waals surface area contributed by atoms with Gasteiger partial charge in [-0.2, -0.15) is 0 Å². The second-order valence-electron chi connectivity index (χ2n) is 7.96. The second-order valence-corrected chi connectivity index (χ2v) is 9.74. The Kier molecular flexibility index (Phi) is 14.6. The number of ether oxygens (including phenoxy) is 1. The van der Waals surface area contributed by atoms with E-state index in [2.05, 4.69) is 51.6 Å². The summed E-state index contributed by atoms with van der Waals surface area (Å²) in [6, 6.07) is 18.3. The van der Waals surface area contributed by atoms with Gasteiger partial charge in [-0.1, -0.05) is 60.1 Å². The SMILES string of the molecule is C=Nc1nc(-c2ccc(-c3ccc(CNCCOCCO)cc3)cc2)c(Cl)cc1NCSC(C)C=O.CO. The lowest BCUT2D eigenvalue weighted by molar-refractivity contribution is -0.107. The fraction of sp³-hybridized carbons (Fsp3) is 0.321. The van der Waals surface area contributed by atoms with Crippen molar-refractivity contribution in [1.29, 1.82) is 0 Å². The molecule has 0 aliphatic heterocycles. The Bertz CT molecular complexity index is 1130. The molecule has 2 aromatic carbocycles. The minimum atomic E-state index is -0.102. The number of carbonyl (C=O) groups excluding carboxylic acids is 1. The number of aliphatic hydroxyl groups is 2. The highest BCUT2D eigenvalue weighted by Gasteiger charge is 2.12. The molecule has 1 heterocycles. The Labute approximate surface area is 233 Å². The minimum Gasteiger partial charge on any atom is -0.400 e. The van der Waals surface area contributed by atoms with Crippen molar-refractivity contribution in [2.75, 3.05) is 44.7 Å². The molecule has 3 rings (SSSR count). The zero-order valence-electron chi connectivity index (χ0n) is 21.7. The van der Waals surface area contributed by atoms with Crippen LogP contribution in [0, 0.1) is 0 Å². The van der Waals surface area contributed by atoms with E-state index in [1.165, 1.54) is 17.3 Å². The number of hydrogen-bond acceptors (Lipinski definition) is 9. The number of aliphatic imine (C=N–C) groups is 1. The first-order valence-corrected chi connectivity index (χ1v) is 13.5. The highest BCUT2D eigenvalue weighted by atomic mass is 35.5. The molecule has 0 saturated heterocycles. The standard InChI is InChI=1S/C27H31ClN4O3S.CH4O/c1-19(17-34)36-18-31-25-15-24(28)26(32-27(25)29-2)23-9-7-22(8-10-23)21-5-3-20(4-6-21)16-30-11-13-35-14-12-33;1-2/h3-10,15,17,19,30-31,33H,2,11-14,16,18H2,1H3;2H,1H3. The first-order chi connectivity index (χ1) is 18.5. The summed E-state index contributed by atoms with van der Waals surface area (Å²) in [7, 11) is 1.00. The highest BCUT2D eigenvalue weighted by Crippen LogP contribution is 2.35. The van der Waals surface area contributed by atoms with Crippen molar-refractivity contribution in [2.45, 2.75) is 18.7 Å². The number of pyridine rings is 1. The molecule has 38 heavy (non-hydrogen) atoms. The maximum atomic E-state index is 10.8. The van der Waals surface area contributed by atoms with Gasteiger partial charge in [-0.25, -0.2) is 9.98 Å². The molecule has 0 fully saturated rings. The lowest BCUT2D eigenvalue weighted by atomic mass is 10.0. The summed E-state index contributed by atoms with van der Waals surface area (Å²) in [6.45, 7) is 7.96. The molecule has 4 N–H and O–H groups in total. The van der Waals surface area contributed by atoms with Gasteiger partial charge < -0.3 is 30.4 Å². The normalized spacial score (nSPS) is 11.3. The van der Waals surface area contributed by atoms with Crippen LogP contribution in [0.2, 0.25) is 5.02 Å². The van der Waals surface area contributed by atoms with E-state index in [0.717, 1.165) is 43.2 Å². The first-order valence-electron chi connectivity index (χ1n) is 12.1. The smallest absolute Gasteiger partial charge is 0.175 e. The number of benzene rings is 2. The Morgan fingerprint density at radius 2 is 1.74 bits per heavy atom. The molecule has 0 aliphatic carbocycles. The average molecular weight is 559 g/mol. The van der Waals surface area contributed by atoms with Crippen LogP contribution in [-0.4, -0.2) is 72.8 Å². The second kappa shape index (κ2) is 17.7. The van der Waals surface area contributed by atoms with E-state index in [-0.39, 0.29) is 11.9 Å². The van der Waals surface area contributed by atoms with Crippen molar-refractivity contribution in [3.05, 3.63) is 65.2 Å². The van der Waals surface area contributed by atoms with Gasteiger partial charge in [0.15, 0.2) is 5.82 Å². The minimum absolute atomic E-state index is 0.0474. The Hall–Kier alpha value is -2.79. The van der Waals surface area contributed by atoms with Crippen LogP contribution < -0.4 is 10.6 Å². The predicted octanol–water partition coefficient (Wildman–Crippen LogP) is 4.80. The molecule has 0 spiro atoms. The van der Waals surface area contributed by atoms with Crippen LogP contribution in [0.15, 0.2) is 59.6 Å². The van der Waals surface area contributed by atoms with Gasteiger partial charge in [-0.3, -0.25) is 0 Å². The zero-order chi connectivity index (χ0) is 27.8. The number of aliphatic hydroxyl groups excluding tert-OH is 2. The molecule has 0 amide bonds. The fourth-order valence-corrected chi connectivity index (χ4v) is 4.24. The van der Waals surface area contributed by atoms with E-state index in [1.54, 1.807) is 6.07 Å². The summed E-state index contributed by atoms with van der Waals surface area (Å²) < 4.78 is 5.24. The molecular formula is C28H35ClN4O4S. The van der Waals surface area contributed by atoms with Crippen molar-refractivity contribution < 1.29 is 19.7 Å². The van der Waals surface area contributed by atoms with Gasteiger partial charge in [-0.05, 0) is 36.4 Å². The van der Waals surface area contributed by atoms with Crippen LogP contribution >= 0.6 is 23.4 Å². The van der Waals surface area contributed by atoms with Crippen molar-refractivity contribution in [1.82, 2.24) is 10.3 Å². The number of hydrogen-bond donors (Lipinski definition) is 4. The Morgan fingerprint density at radius 3 is 2.34 bits per heavy atom. The third-order valence-corrected chi connectivity index (χ3v) is 6.58. The fourth-order valence-electron chi connectivity index (χ4n) is 3.40. The van der Waals surface area contributed by atoms with Crippen LogP contribution in [-0.2, 0) is 16.1 Å². The van der Waals surface area contributed by atoms with Gasteiger partial charge in [-0.15, -0.1) is 11.8 Å². The monoisotopic (exact) mass is 558 g/mol. The number of nitrogens with one attached hydrogen (secondary N) is 2. The number of thioether (sulfide) groups is 1. The van der Waals surface area contributed by atoms with Crippen LogP contribution in [0.1, 0.15) is 12.5 Å². The molecule has 0 radical (unpaired) electrons. The number of anilines is 1. The van der Waals surface area contributed by atoms with Crippen molar-refractivity contribution >= 4 is 47.9 Å². The molecule has 0 bridgehead atoms. The third kappa shape index (κ3) is 9.83. The van der Waals surface area contributed by atoms with Crippen molar-refractivity contribution in [2.24, 2.45) is 4.99 Å². The summed E-state index contributed by atoms with van der Waals surface area (Å²) in [6.07, 6.45) is 0.905. The maximum absolute atomic E-state index is 10.8. The van der Waals surface area contributed by atoms with E-state index >= 15 is 0 Å². The quantitative estimate of drug-likeness (QED) is 0.0910. The van der Waals surface area contributed by atoms with Crippen LogP contribution in [0.3, 0.4) is 0 Å². The largest absolute Gasteiger partial charge is 0.400 e. The van der Waals surface area contributed by atoms with E-state index in [1.807, 2.05) is 31.2 Å². The highest BCUT2D eigenvalue weighted by molar-refractivity contribution is 8.00. The van der Waals surface area contributed by atoms with E-state index in [0.29, 0.717) is 41.3 Å². The van der Waals surface area contributed by atoms with Gasteiger partial charge in [0.25, 0.3) is 0 Å². The number of carbonyl (C=O) groups is 1. The molecule has 1 atom stereocenters. The van der Waals surface area contributed by atoms with Gasteiger partial charge in [0, 0.05) is 25.8 Å². The number of halogens is 1. The summed E-state index contributed by atoms with van der Waals surface area (Å²) >= 11 is 8.04. The Balaban J connectivity index is 0.00000247. The Morgan fingerprint density at radius 1 is 1.11 bits per heavy atom. The molecule has 8 nitrogen and oxygen atoms in total. The molecule has 3 aromatic rings. The predicted molar refractivity (Wildman–Crippen MR) is 159 cm³/mol. The van der Waals surface area contributed by atoms with Crippen LogP contribution in [0.5, 0.6) is 0 Å². The number of aldehydes is 1. The topological polar surface area (TPSA) is 116 Å². The van der Waals surface area contributed by atoms with Gasteiger partial charge in [0.2, 0.25) is 0 Å². The summed E-state index contributed by atoms with van der Waals surface area (Å²) in [4.78, 5) is 19.5.